The molecule has 0 bridgehead atoms. The predicted molar refractivity (Wildman–Crippen MR) is 185 cm³/mol. The minimum absolute atomic E-state index is 0.251. The van der Waals surface area contributed by atoms with Crippen LogP contribution < -0.4 is 29.1 Å². The van der Waals surface area contributed by atoms with Gasteiger partial charge in [0.05, 0.1) is 41.2 Å². The van der Waals surface area contributed by atoms with E-state index >= 15 is 0 Å². The first-order chi connectivity index (χ1) is 22.5. The van der Waals surface area contributed by atoms with Crippen molar-refractivity contribution < 1.29 is 23.7 Å². The average Bonchev–Trinajstić information content (AvgIpc) is 3.31. The van der Waals surface area contributed by atoms with Gasteiger partial charge in [-0.3, -0.25) is 9.36 Å². The molecular formula is C38H42N2O6S. The van der Waals surface area contributed by atoms with Gasteiger partial charge in [0.15, 0.2) is 16.3 Å². The van der Waals surface area contributed by atoms with E-state index in [1.165, 1.54) is 28.0 Å². The standard InChI is InChI=1S/C38H42N2O6S/c1-9-43-29-14-12-28(13-15-29)35-34(37(42)46-22(3)4)26(8)39-38-40(35)36(41)33(47-38)20-27-11-16-31(32(19-27)44-10-2)45-21-30-24(6)17-23(5)18-25(30)7/h11-20,22,35H,9-10,21H2,1-8H3/b33-20+/t35-/m0/s1. The fourth-order valence-corrected chi connectivity index (χ4v) is 6.88. The Morgan fingerprint density at radius 3 is 2.23 bits per heavy atom. The maximum absolute atomic E-state index is 14.1. The Labute approximate surface area is 279 Å². The number of nitrogens with zero attached hydrogens (tertiary/aromatic N) is 2. The molecule has 0 unspecified atom stereocenters. The van der Waals surface area contributed by atoms with E-state index in [0.717, 1.165) is 16.7 Å². The first-order valence-corrected chi connectivity index (χ1v) is 16.7. The summed E-state index contributed by atoms with van der Waals surface area (Å²) >= 11 is 1.28. The fraction of sp³-hybridized carbons (Fsp3) is 0.342. The van der Waals surface area contributed by atoms with Gasteiger partial charge in [0, 0.05) is 0 Å². The number of benzene rings is 3. The minimum atomic E-state index is -0.709. The van der Waals surface area contributed by atoms with Gasteiger partial charge in [0.2, 0.25) is 0 Å². The van der Waals surface area contributed by atoms with Crippen LogP contribution in [0.4, 0.5) is 0 Å². The van der Waals surface area contributed by atoms with Gasteiger partial charge in [-0.05, 0) is 114 Å². The topological polar surface area (TPSA) is 88.4 Å². The number of aromatic nitrogens is 1. The molecule has 0 amide bonds. The second kappa shape index (κ2) is 14.4. The van der Waals surface area contributed by atoms with Crippen LogP contribution in [0.3, 0.4) is 0 Å². The van der Waals surface area contributed by atoms with Crippen molar-refractivity contribution in [3.8, 4) is 17.2 Å². The van der Waals surface area contributed by atoms with E-state index in [9.17, 15) is 9.59 Å². The van der Waals surface area contributed by atoms with Crippen molar-refractivity contribution in [1.82, 2.24) is 4.57 Å². The van der Waals surface area contributed by atoms with Crippen LogP contribution in [-0.4, -0.2) is 29.9 Å². The smallest absolute Gasteiger partial charge is 0.338 e. The van der Waals surface area contributed by atoms with Gasteiger partial charge in [-0.25, -0.2) is 9.79 Å². The van der Waals surface area contributed by atoms with Gasteiger partial charge < -0.3 is 18.9 Å². The van der Waals surface area contributed by atoms with E-state index in [1.807, 2.05) is 62.4 Å². The first-order valence-electron chi connectivity index (χ1n) is 15.9. The van der Waals surface area contributed by atoms with Crippen LogP contribution in [0.15, 0.2) is 75.7 Å². The van der Waals surface area contributed by atoms with Crippen molar-refractivity contribution in [2.24, 2.45) is 4.99 Å². The van der Waals surface area contributed by atoms with Crippen LogP contribution in [0.25, 0.3) is 6.08 Å². The van der Waals surface area contributed by atoms with Crippen LogP contribution in [0.2, 0.25) is 0 Å². The third kappa shape index (κ3) is 7.36. The van der Waals surface area contributed by atoms with Gasteiger partial charge >= 0.3 is 5.97 Å². The molecule has 5 rings (SSSR count). The fourth-order valence-electron chi connectivity index (χ4n) is 5.83. The lowest BCUT2D eigenvalue weighted by Gasteiger charge is -2.25. The highest BCUT2D eigenvalue weighted by Gasteiger charge is 2.33. The average molecular weight is 655 g/mol. The van der Waals surface area contributed by atoms with E-state index < -0.39 is 12.0 Å². The molecule has 0 fully saturated rings. The SMILES string of the molecule is CCOc1ccc([C@H]2C(C(=O)OC(C)C)=C(C)N=c3s/c(=C/c4ccc(OCc5c(C)cc(C)cc5C)c(OCC)c4)c(=O)n32)cc1. The molecule has 0 saturated heterocycles. The molecule has 0 saturated carbocycles. The summed E-state index contributed by atoms with van der Waals surface area (Å²) in [5, 5.41) is 0. The van der Waals surface area contributed by atoms with E-state index in [4.69, 9.17) is 23.9 Å². The number of hydrogen-bond acceptors (Lipinski definition) is 8. The molecule has 4 aromatic rings. The zero-order valence-corrected chi connectivity index (χ0v) is 29.1. The summed E-state index contributed by atoms with van der Waals surface area (Å²) in [5.41, 5.74) is 6.88. The maximum Gasteiger partial charge on any atom is 0.338 e. The molecule has 246 valence electrons. The van der Waals surface area contributed by atoms with E-state index in [0.29, 0.717) is 57.7 Å². The van der Waals surface area contributed by atoms with Gasteiger partial charge in [-0.2, -0.15) is 0 Å². The highest BCUT2D eigenvalue weighted by Crippen LogP contribution is 2.33. The van der Waals surface area contributed by atoms with Crippen LogP contribution in [0, 0.1) is 20.8 Å². The molecule has 2 heterocycles. The third-order valence-corrected chi connectivity index (χ3v) is 8.85. The highest BCUT2D eigenvalue weighted by molar-refractivity contribution is 7.07. The number of allylic oxidation sites excluding steroid dienone is 1. The predicted octanol–water partition coefficient (Wildman–Crippen LogP) is 6.49. The molecule has 1 aliphatic heterocycles. The molecule has 0 aliphatic carbocycles. The Kier molecular flexibility index (Phi) is 10.3. The molecule has 1 aromatic heterocycles. The van der Waals surface area contributed by atoms with Crippen molar-refractivity contribution in [3.05, 3.63) is 119 Å². The van der Waals surface area contributed by atoms with Crippen LogP contribution in [0.5, 0.6) is 17.2 Å². The number of hydrogen-bond donors (Lipinski definition) is 0. The quantitative estimate of drug-likeness (QED) is 0.172. The highest BCUT2D eigenvalue weighted by atomic mass is 32.1. The normalized spacial score (nSPS) is 14.6. The number of esters is 1. The monoisotopic (exact) mass is 654 g/mol. The third-order valence-electron chi connectivity index (χ3n) is 7.87. The summed E-state index contributed by atoms with van der Waals surface area (Å²) in [6.45, 7) is 16.9. The van der Waals surface area contributed by atoms with Crippen molar-refractivity contribution in [3.63, 3.8) is 0 Å². The van der Waals surface area contributed by atoms with Gasteiger partial charge in [-0.1, -0.05) is 47.2 Å². The van der Waals surface area contributed by atoms with E-state index in [1.54, 1.807) is 25.3 Å². The summed E-state index contributed by atoms with van der Waals surface area (Å²) in [6, 6.07) is 16.7. The molecule has 8 nitrogen and oxygen atoms in total. The summed E-state index contributed by atoms with van der Waals surface area (Å²) in [7, 11) is 0. The van der Waals surface area contributed by atoms with Crippen molar-refractivity contribution >= 4 is 23.4 Å². The van der Waals surface area contributed by atoms with Crippen LogP contribution in [0.1, 0.15) is 74.0 Å². The number of aryl methyl sites for hydroxylation is 3. The van der Waals surface area contributed by atoms with Crippen LogP contribution >= 0.6 is 11.3 Å². The molecule has 9 heteroatoms. The van der Waals surface area contributed by atoms with Gasteiger partial charge in [0.25, 0.3) is 5.56 Å². The van der Waals surface area contributed by atoms with E-state index in [-0.39, 0.29) is 11.7 Å². The Morgan fingerprint density at radius 2 is 1.60 bits per heavy atom. The number of thiazole rings is 1. The number of carbonyl (C=O) groups is 1. The number of carbonyl (C=O) groups excluding carboxylic acids is 1. The summed E-state index contributed by atoms with van der Waals surface area (Å²) in [6.07, 6.45) is 1.50. The van der Waals surface area contributed by atoms with E-state index in [2.05, 4.69) is 32.9 Å². The number of rotatable bonds is 11. The largest absolute Gasteiger partial charge is 0.494 e. The maximum atomic E-state index is 14.1. The summed E-state index contributed by atoms with van der Waals surface area (Å²) in [4.78, 5) is 32.7. The zero-order chi connectivity index (χ0) is 33.8. The number of fused-ring (bicyclic) bond motifs is 1. The van der Waals surface area contributed by atoms with Crippen LogP contribution in [-0.2, 0) is 16.1 Å². The Morgan fingerprint density at radius 1 is 0.915 bits per heavy atom. The van der Waals surface area contributed by atoms with Gasteiger partial charge in [0.1, 0.15) is 12.4 Å². The molecule has 0 spiro atoms. The zero-order valence-electron chi connectivity index (χ0n) is 28.3. The van der Waals surface area contributed by atoms with Gasteiger partial charge in [-0.15, -0.1) is 0 Å². The minimum Gasteiger partial charge on any atom is -0.494 e. The van der Waals surface area contributed by atoms with Crippen molar-refractivity contribution in [2.75, 3.05) is 13.2 Å². The molecule has 3 aromatic carbocycles. The molecular weight excluding hydrogens is 612 g/mol. The molecule has 0 N–H and O–H groups in total. The Bertz CT molecular complexity index is 1980. The summed E-state index contributed by atoms with van der Waals surface area (Å²) in [5.74, 6) is 1.43. The van der Waals surface area contributed by atoms with Crippen molar-refractivity contribution in [1.29, 1.82) is 0 Å². The second-order valence-electron chi connectivity index (χ2n) is 11.8. The summed E-state index contributed by atoms with van der Waals surface area (Å²) < 4.78 is 25.5. The Balaban J connectivity index is 1.55. The Hall–Kier alpha value is -4.63. The molecule has 1 aliphatic rings. The lowest BCUT2D eigenvalue weighted by molar-refractivity contribution is -0.143. The molecule has 1 atom stereocenters. The molecule has 47 heavy (non-hydrogen) atoms. The van der Waals surface area contributed by atoms with Crippen molar-refractivity contribution in [2.45, 2.75) is 74.1 Å². The molecule has 0 radical (unpaired) electrons. The lowest BCUT2D eigenvalue weighted by atomic mass is 9.96. The number of ether oxygens (including phenoxy) is 4. The second-order valence-corrected chi connectivity index (χ2v) is 12.9. The lowest BCUT2D eigenvalue weighted by Crippen LogP contribution is -2.40. The first kappa shape index (κ1) is 33.7.